The Kier molecular flexibility index (Phi) is 3.62. The average Bonchev–Trinajstić information content (AvgIpc) is 2.28. The predicted octanol–water partition coefficient (Wildman–Crippen LogP) is 1.84. The summed E-state index contributed by atoms with van der Waals surface area (Å²) >= 11 is 0. The lowest BCUT2D eigenvalue weighted by Gasteiger charge is -2.31. The van der Waals surface area contributed by atoms with Crippen LogP contribution in [-0.4, -0.2) is 29.1 Å². The highest BCUT2D eigenvalue weighted by atomic mass is 15.3. The summed E-state index contributed by atoms with van der Waals surface area (Å²) in [5.41, 5.74) is 8.16. The zero-order valence-electron chi connectivity index (χ0n) is 11.0. The average molecular weight is 234 g/mol. The zero-order chi connectivity index (χ0) is 12.4. The first-order chi connectivity index (χ1) is 8.06. The fourth-order valence-electron chi connectivity index (χ4n) is 2.21. The Morgan fingerprint density at radius 3 is 2.82 bits per heavy atom. The molecule has 0 amide bonds. The first-order valence-corrected chi connectivity index (χ1v) is 6.42. The number of aromatic nitrogens is 2. The largest absolute Gasteiger partial charge is 0.339 e. The van der Waals surface area contributed by atoms with Crippen molar-refractivity contribution in [1.82, 2.24) is 9.97 Å². The van der Waals surface area contributed by atoms with Crippen LogP contribution < -0.4 is 10.6 Å². The van der Waals surface area contributed by atoms with Crippen LogP contribution in [-0.2, 0) is 0 Å². The number of hydrogen-bond donors (Lipinski definition) is 1. The minimum atomic E-state index is 0.260. The van der Waals surface area contributed by atoms with Crippen LogP contribution >= 0.6 is 0 Å². The minimum Gasteiger partial charge on any atom is -0.339 e. The molecule has 1 aromatic rings. The number of piperidine rings is 1. The molecule has 4 nitrogen and oxygen atoms in total. The molecule has 2 heterocycles. The minimum absolute atomic E-state index is 0.260. The predicted molar refractivity (Wildman–Crippen MR) is 70.3 cm³/mol. The van der Waals surface area contributed by atoms with Crippen molar-refractivity contribution < 1.29 is 0 Å². The summed E-state index contributed by atoms with van der Waals surface area (Å²) in [4.78, 5) is 11.4. The normalized spacial score (nSPS) is 21.0. The Bertz CT molecular complexity index is 389. The van der Waals surface area contributed by atoms with Crippen molar-refractivity contribution in [2.24, 2.45) is 5.73 Å². The lowest BCUT2D eigenvalue weighted by molar-refractivity contribution is 0.498. The van der Waals surface area contributed by atoms with Crippen molar-refractivity contribution in [1.29, 1.82) is 0 Å². The molecule has 0 saturated carbocycles. The van der Waals surface area contributed by atoms with Gasteiger partial charge in [-0.05, 0) is 31.7 Å². The molecule has 94 valence electrons. The van der Waals surface area contributed by atoms with E-state index in [2.05, 4.69) is 34.8 Å². The SMILES string of the molecule is Cc1cc(C(C)C)nc(N2CCC[C@@H](N)C2)n1. The first-order valence-electron chi connectivity index (χ1n) is 6.42. The van der Waals surface area contributed by atoms with Gasteiger partial charge in [0.25, 0.3) is 0 Å². The van der Waals surface area contributed by atoms with E-state index in [9.17, 15) is 0 Å². The lowest BCUT2D eigenvalue weighted by Crippen LogP contribution is -2.43. The molecule has 2 rings (SSSR count). The molecule has 1 fully saturated rings. The van der Waals surface area contributed by atoms with Crippen molar-refractivity contribution in [3.8, 4) is 0 Å². The van der Waals surface area contributed by atoms with Crippen LogP contribution in [0.1, 0.15) is 44.0 Å². The molecule has 1 saturated heterocycles. The number of anilines is 1. The van der Waals surface area contributed by atoms with E-state index in [1.54, 1.807) is 0 Å². The molecule has 0 aliphatic carbocycles. The van der Waals surface area contributed by atoms with Gasteiger partial charge >= 0.3 is 0 Å². The number of nitrogens with two attached hydrogens (primary N) is 1. The number of hydrogen-bond acceptors (Lipinski definition) is 4. The fourth-order valence-corrected chi connectivity index (χ4v) is 2.21. The Balaban J connectivity index is 2.25. The third kappa shape index (κ3) is 2.94. The van der Waals surface area contributed by atoms with E-state index < -0.39 is 0 Å². The molecule has 0 spiro atoms. The second-order valence-electron chi connectivity index (χ2n) is 5.24. The van der Waals surface area contributed by atoms with Gasteiger partial charge in [-0.2, -0.15) is 0 Å². The first kappa shape index (κ1) is 12.3. The smallest absolute Gasteiger partial charge is 0.225 e. The lowest BCUT2D eigenvalue weighted by atomic mass is 10.1. The molecule has 1 aliphatic heterocycles. The molecule has 2 N–H and O–H groups in total. The molecule has 1 aromatic heterocycles. The van der Waals surface area contributed by atoms with Crippen LogP contribution in [0.5, 0.6) is 0 Å². The van der Waals surface area contributed by atoms with E-state index in [0.29, 0.717) is 5.92 Å². The van der Waals surface area contributed by atoms with Crippen LogP contribution in [0.25, 0.3) is 0 Å². The molecule has 0 aromatic carbocycles. The maximum absolute atomic E-state index is 6.00. The van der Waals surface area contributed by atoms with E-state index in [1.807, 2.05) is 6.92 Å². The van der Waals surface area contributed by atoms with Gasteiger partial charge in [0.15, 0.2) is 0 Å². The van der Waals surface area contributed by atoms with Crippen molar-refractivity contribution >= 4 is 5.95 Å². The van der Waals surface area contributed by atoms with Gasteiger partial charge in [0.05, 0.1) is 0 Å². The molecular formula is C13H22N4. The molecular weight excluding hydrogens is 212 g/mol. The molecule has 0 unspecified atom stereocenters. The van der Waals surface area contributed by atoms with Crippen molar-refractivity contribution in [2.45, 2.75) is 45.6 Å². The quantitative estimate of drug-likeness (QED) is 0.848. The number of aryl methyl sites for hydroxylation is 1. The zero-order valence-corrected chi connectivity index (χ0v) is 11.0. The monoisotopic (exact) mass is 234 g/mol. The van der Waals surface area contributed by atoms with E-state index in [-0.39, 0.29) is 6.04 Å². The van der Waals surface area contributed by atoms with Gasteiger partial charge in [-0.25, -0.2) is 9.97 Å². The van der Waals surface area contributed by atoms with Crippen LogP contribution in [0.15, 0.2) is 6.07 Å². The fraction of sp³-hybridized carbons (Fsp3) is 0.692. The van der Waals surface area contributed by atoms with Crippen molar-refractivity contribution in [3.05, 3.63) is 17.5 Å². The molecule has 1 aliphatic rings. The van der Waals surface area contributed by atoms with E-state index in [0.717, 1.165) is 43.3 Å². The number of nitrogens with zero attached hydrogens (tertiary/aromatic N) is 3. The summed E-state index contributed by atoms with van der Waals surface area (Å²) in [5, 5.41) is 0. The van der Waals surface area contributed by atoms with Gasteiger partial charge in [-0.1, -0.05) is 13.8 Å². The second-order valence-corrected chi connectivity index (χ2v) is 5.24. The molecule has 17 heavy (non-hydrogen) atoms. The van der Waals surface area contributed by atoms with Crippen molar-refractivity contribution in [3.63, 3.8) is 0 Å². The molecule has 1 atom stereocenters. The van der Waals surface area contributed by atoms with E-state index in [1.165, 1.54) is 0 Å². The topological polar surface area (TPSA) is 55.0 Å². The van der Waals surface area contributed by atoms with Crippen LogP contribution in [0, 0.1) is 6.92 Å². The maximum Gasteiger partial charge on any atom is 0.225 e. The van der Waals surface area contributed by atoms with Crippen molar-refractivity contribution in [2.75, 3.05) is 18.0 Å². The third-order valence-electron chi connectivity index (χ3n) is 3.19. The van der Waals surface area contributed by atoms with Gasteiger partial charge < -0.3 is 10.6 Å². The summed E-state index contributed by atoms with van der Waals surface area (Å²) in [7, 11) is 0. The Labute approximate surface area is 103 Å². The molecule has 0 bridgehead atoms. The van der Waals surface area contributed by atoms with Gasteiger partial charge in [0.2, 0.25) is 5.95 Å². The standard InChI is InChI=1S/C13H22N4/c1-9(2)12-7-10(3)15-13(16-12)17-6-4-5-11(14)8-17/h7,9,11H,4-6,8,14H2,1-3H3/t11-/m1/s1. The van der Waals surface area contributed by atoms with Crippen LogP contribution in [0.3, 0.4) is 0 Å². The highest BCUT2D eigenvalue weighted by molar-refractivity contribution is 5.34. The summed E-state index contributed by atoms with van der Waals surface area (Å²) in [6, 6.07) is 2.33. The summed E-state index contributed by atoms with van der Waals surface area (Å²) in [6.07, 6.45) is 2.24. The highest BCUT2D eigenvalue weighted by Gasteiger charge is 2.19. The Hall–Kier alpha value is -1.16. The summed E-state index contributed by atoms with van der Waals surface area (Å²) < 4.78 is 0. The van der Waals surface area contributed by atoms with E-state index >= 15 is 0 Å². The second kappa shape index (κ2) is 5.00. The molecule has 4 heteroatoms. The maximum atomic E-state index is 6.00. The van der Waals surface area contributed by atoms with Crippen LogP contribution in [0.2, 0.25) is 0 Å². The third-order valence-corrected chi connectivity index (χ3v) is 3.19. The summed E-state index contributed by atoms with van der Waals surface area (Å²) in [6.45, 7) is 8.25. The Morgan fingerprint density at radius 1 is 1.41 bits per heavy atom. The van der Waals surface area contributed by atoms with Gasteiger partial charge in [-0.3, -0.25) is 0 Å². The van der Waals surface area contributed by atoms with Gasteiger partial charge in [0.1, 0.15) is 0 Å². The summed E-state index contributed by atoms with van der Waals surface area (Å²) in [5.74, 6) is 1.29. The van der Waals surface area contributed by atoms with Gasteiger partial charge in [0, 0.05) is 30.5 Å². The van der Waals surface area contributed by atoms with Gasteiger partial charge in [-0.15, -0.1) is 0 Å². The Morgan fingerprint density at radius 2 is 2.18 bits per heavy atom. The van der Waals surface area contributed by atoms with E-state index in [4.69, 9.17) is 5.73 Å². The number of rotatable bonds is 2. The molecule has 0 radical (unpaired) electrons. The van der Waals surface area contributed by atoms with Crippen LogP contribution in [0.4, 0.5) is 5.95 Å². The highest BCUT2D eigenvalue weighted by Crippen LogP contribution is 2.19.